The lowest BCUT2D eigenvalue weighted by Crippen LogP contribution is -2.27. The van der Waals surface area contributed by atoms with E-state index in [9.17, 15) is 14.9 Å². The van der Waals surface area contributed by atoms with E-state index in [0.29, 0.717) is 26.1 Å². The van der Waals surface area contributed by atoms with Crippen molar-refractivity contribution in [3.63, 3.8) is 0 Å². The lowest BCUT2D eigenvalue weighted by atomic mass is 10.1. The lowest BCUT2D eigenvalue weighted by molar-refractivity contribution is -0.123. The number of hydrogen-bond donors (Lipinski definition) is 0. The average molecular weight is 482 g/mol. The number of nitriles is 1. The Labute approximate surface area is 199 Å². The van der Waals surface area contributed by atoms with Crippen molar-refractivity contribution in [2.24, 2.45) is 0 Å². The lowest BCUT2D eigenvalue weighted by Gasteiger charge is -2.13. The Kier molecular flexibility index (Phi) is 6.16. The second-order valence-electron chi connectivity index (χ2n) is 7.27. The van der Waals surface area contributed by atoms with Crippen LogP contribution in [0.2, 0.25) is 10.0 Å². The normalized spacial score (nSPS) is 15.0. The van der Waals surface area contributed by atoms with Gasteiger partial charge in [-0.15, -0.1) is 0 Å². The number of nitrogens with zero attached hydrogens (tertiary/aromatic N) is 3. The largest absolute Gasteiger partial charge is 0.316 e. The van der Waals surface area contributed by atoms with Gasteiger partial charge in [-0.1, -0.05) is 47.5 Å². The molecule has 0 unspecified atom stereocenters. The molecule has 1 aromatic heterocycles. The summed E-state index contributed by atoms with van der Waals surface area (Å²) in [5, 5.41) is 9.82. The summed E-state index contributed by atoms with van der Waals surface area (Å²) in [5.41, 5.74) is 4.41. The minimum Gasteiger partial charge on any atom is -0.316 e. The smallest absolute Gasteiger partial charge is 0.293 e. The molecule has 2 aromatic carbocycles. The van der Waals surface area contributed by atoms with Gasteiger partial charge in [0.1, 0.15) is 0 Å². The number of halogens is 2. The highest BCUT2D eigenvalue weighted by atomic mass is 35.5. The van der Waals surface area contributed by atoms with Crippen LogP contribution < -0.4 is 0 Å². The summed E-state index contributed by atoms with van der Waals surface area (Å²) in [5.74, 6) is -0.377. The van der Waals surface area contributed by atoms with Crippen LogP contribution >= 0.6 is 35.0 Å². The second-order valence-corrected chi connectivity index (χ2v) is 9.05. The SMILES string of the molecule is Cc1cc(/C=C2/SC(=O)N(Cc3ccccc3C#N)C2=O)c(C)n1-c1cccc(Cl)c1Cl. The van der Waals surface area contributed by atoms with Crippen LogP contribution in [-0.4, -0.2) is 20.6 Å². The highest BCUT2D eigenvalue weighted by Gasteiger charge is 2.35. The quantitative estimate of drug-likeness (QED) is 0.398. The number of hydrogen-bond acceptors (Lipinski definition) is 4. The first-order valence-electron chi connectivity index (χ1n) is 9.68. The fourth-order valence-corrected chi connectivity index (χ4v) is 4.89. The van der Waals surface area contributed by atoms with Crippen molar-refractivity contribution in [1.82, 2.24) is 9.47 Å². The maximum atomic E-state index is 13.0. The predicted octanol–water partition coefficient (Wildman–Crippen LogP) is 6.51. The van der Waals surface area contributed by atoms with E-state index in [1.165, 1.54) is 4.90 Å². The fraction of sp³-hybridized carbons (Fsp3) is 0.125. The topological polar surface area (TPSA) is 66.1 Å². The molecular weight excluding hydrogens is 465 g/mol. The van der Waals surface area contributed by atoms with Crippen LogP contribution in [0.3, 0.4) is 0 Å². The van der Waals surface area contributed by atoms with Gasteiger partial charge >= 0.3 is 0 Å². The zero-order valence-electron chi connectivity index (χ0n) is 17.2. The molecule has 5 nitrogen and oxygen atoms in total. The van der Waals surface area contributed by atoms with Gasteiger partial charge in [0, 0.05) is 11.4 Å². The molecule has 2 heterocycles. The Balaban J connectivity index is 1.67. The highest BCUT2D eigenvalue weighted by molar-refractivity contribution is 8.18. The zero-order valence-corrected chi connectivity index (χ0v) is 19.6. The van der Waals surface area contributed by atoms with Gasteiger partial charge < -0.3 is 4.57 Å². The van der Waals surface area contributed by atoms with Crippen LogP contribution in [0.15, 0.2) is 53.4 Å². The average Bonchev–Trinajstić information content (AvgIpc) is 3.20. The second kappa shape index (κ2) is 8.87. The van der Waals surface area contributed by atoms with Gasteiger partial charge in [0.2, 0.25) is 0 Å². The number of benzene rings is 2. The first-order valence-corrected chi connectivity index (χ1v) is 11.3. The molecule has 1 fully saturated rings. The van der Waals surface area contributed by atoms with E-state index in [-0.39, 0.29) is 17.7 Å². The van der Waals surface area contributed by atoms with Crippen LogP contribution in [-0.2, 0) is 11.3 Å². The minimum absolute atomic E-state index is 0.0584. The summed E-state index contributed by atoms with van der Waals surface area (Å²) in [6.07, 6.45) is 1.72. The Morgan fingerprint density at radius 1 is 1.09 bits per heavy atom. The first kappa shape index (κ1) is 22.2. The number of aryl methyl sites for hydroxylation is 1. The number of thioether (sulfide) groups is 1. The third-order valence-corrected chi connectivity index (χ3v) is 6.99. The molecule has 0 saturated carbocycles. The van der Waals surface area contributed by atoms with Crippen LogP contribution in [0, 0.1) is 25.2 Å². The van der Waals surface area contributed by atoms with E-state index >= 15 is 0 Å². The van der Waals surface area contributed by atoms with Gasteiger partial charge in [-0.2, -0.15) is 5.26 Å². The van der Waals surface area contributed by atoms with Crippen molar-refractivity contribution in [3.8, 4) is 11.8 Å². The van der Waals surface area contributed by atoms with E-state index < -0.39 is 0 Å². The summed E-state index contributed by atoms with van der Waals surface area (Å²) >= 11 is 13.5. The molecule has 0 atom stereocenters. The Bertz CT molecular complexity index is 1340. The van der Waals surface area contributed by atoms with E-state index in [0.717, 1.165) is 34.4 Å². The molecule has 1 saturated heterocycles. The van der Waals surface area contributed by atoms with E-state index in [2.05, 4.69) is 6.07 Å². The molecule has 1 aliphatic rings. The van der Waals surface area contributed by atoms with Crippen molar-refractivity contribution in [2.45, 2.75) is 20.4 Å². The number of carbonyl (C=O) groups is 2. The van der Waals surface area contributed by atoms with Gasteiger partial charge in [-0.3, -0.25) is 14.5 Å². The van der Waals surface area contributed by atoms with Gasteiger partial charge in [0.05, 0.1) is 38.8 Å². The summed E-state index contributed by atoms with van der Waals surface area (Å²) in [4.78, 5) is 27.0. The molecule has 3 aromatic rings. The molecule has 0 radical (unpaired) electrons. The molecule has 1 aliphatic heterocycles. The molecule has 2 amide bonds. The number of amides is 2. The molecule has 160 valence electrons. The zero-order chi connectivity index (χ0) is 23.0. The van der Waals surface area contributed by atoms with Crippen molar-refractivity contribution >= 4 is 52.2 Å². The van der Waals surface area contributed by atoms with Gasteiger partial charge in [0.15, 0.2) is 0 Å². The van der Waals surface area contributed by atoms with Crippen molar-refractivity contribution in [2.75, 3.05) is 0 Å². The molecule has 0 spiro atoms. The number of imide groups is 1. The summed E-state index contributed by atoms with van der Waals surface area (Å²) in [6, 6.07) is 16.4. The van der Waals surface area contributed by atoms with E-state index in [1.807, 2.05) is 36.6 Å². The molecular formula is C24H17Cl2N3O2S. The Morgan fingerprint density at radius 2 is 1.84 bits per heavy atom. The maximum Gasteiger partial charge on any atom is 0.293 e. The monoisotopic (exact) mass is 481 g/mol. The molecule has 32 heavy (non-hydrogen) atoms. The molecule has 0 aliphatic carbocycles. The van der Waals surface area contributed by atoms with E-state index in [4.69, 9.17) is 23.2 Å². The Hall–Kier alpha value is -2.98. The predicted molar refractivity (Wildman–Crippen MR) is 128 cm³/mol. The number of aromatic nitrogens is 1. The van der Waals surface area contributed by atoms with E-state index in [1.54, 1.807) is 36.4 Å². The third-order valence-electron chi connectivity index (χ3n) is 5.27. The van der Waals surface area contributed by atoms with Crippen LogP contribution in [0.25, 0.3) is 11.8 Å². The van der Waals surface area contributed by atoms with Crippen LogP contribution in [0.5, 0.6) is 0 Å². The highest BCUT2D eigenvalue weighted by Crippen LogP contribution is 2.36. The number of carbonyl (C=O) groups excluding carboxylic acids is 2. The molecule has 0 N–H and O–H groups in total. The molecule has 0 bridgehead atoms. The van der Waals surface area contributed by atoms with Gasteiger partial charge in [0.25, 0.3) is 11.1 Å². The van der Waals surface area contributed by atoms with Crippen LogP contribution in [0.1, 0.15) is 28.1 Å². The molecule has 4 rings (SSSR count). The maximum absolute atomic E-state index is 13.0. The summed E-state index contributed by atoms with van der Waals surface area (Å²) in [7, 11) is 0. The summed E-state index contributed by atoms with van der Waals surface area (Å²) in [6.45, 7) is 3.92. The summed E-state index contributed by atoms with van der Waals surface area (Å²) < 4.78 is 1.97. The standard InChI is InChI=1S/C24H17Cl2N3O2S/c1-14-10-18(15(2)29(14)20-9-5-8-19(25)22(20)26)11-21-23(30)28(24(31)32-21)13-17-7-4-3-6-16(17)12-27/h3-11H,13H2,1-2H3/b21-11+. The third kappa shape index (κ3) is 3.95. The molecule has 8 heteroatoms. The number of rotatable bonds is 4. The Morgan fingerprint density at radius 3 is 2.59 bits per heavy atom. The van der Waals surface area contributed by atoms with Crippen molar-refractivity contribution in [1.29, 1.82) is 5.26 Å². The minimum atomic E-state index is -0.377. The van der Waals surface area contributed by atoms with Crippen molar-refractivity contribution < 1.29 is 9.59 Å². The fourth-order valence-electron chi connectivity index (χ4n) is 3.68. The van der Waals surface area contributed by atoms with Crippen LogP contribution in [0.4, 0.5) is 4.79 Å². The first-order chi connectivity index (χ1) is 15.3. The van der Waals surface area contributed by atoms with Crippen molar-refractivity contribution in [3.05, 3.63) is 91.6 Å². The van der Waals surface area contributed by atoms with Gasteiger partial charge in [-0.05, 0) is 67.1 Å². The van der Waals surface area contributed by atoms with Gasteiger partial charge in [-0.25, -0.2) is 0 Å².